The molecular weight excluding hydrogens is 219 g/mol. The van der Waals surface area contributed by atoms with Gasteiger partial charge in [-0.05, 0) is 44.0 Å². The van der Waals surface area contributed by atoms with Crippen LogP contribution in [-0.4, -0.2) is 24.8 Å². The molecule has 0 bridgehead atoms. The van der Waals surface area contributed by atoms with Gasteiger partial charge < -0.3 is 15.7 Å². The van der Waals surface area contributed by atoms with Crippen LogP contribution < -0.4 is 10.6 Å². The van der Waals surface area contributed by atoms with Crippen LogP contribution in [0.25, 0.3) is 0 Å². The lowest BCUT2D eigenvalue weighted by molar-refractivity contribution is 0.289. The summed E-state index contributed by atoms with van der Waals surface area (Å²) in [5.74, 6) is -0.265. The molecule has 0 spiro atoms. The van der Waals surface area contributed by atoms with Crippen LogP contribution in [0, 0.1) is 5.82 Å². The first-order valence-electron chi connectivity index (χ1n) is 6.01. The van der Waals surface area contributed by atoms with Gasteiger partial charge in [0.25, 0.3) is 0 Å². The lowest BCUT2D eigenvalue weighted by Gasteiger charge is -2.26. The molecule has 0 unspecified atom stereocenters. The van der Waals surface area contributed by atoms with Crippen molar-refractivity contribution in [3.63, 3.8) is 0 Å². The van der Waals surface area contributed by atoms with Gasteiger partial charge in [0, 0.05) is 31.4 Å². The highest BCUT2D eigenvalue weighted by atomic mass is 19.1. The van der Waals surface area contributed by atoms with Gasteiger partial charge in [0.2, 0.25) is 0 Å². The normalized spacial score (nSPS) is 12.5. The fourth-order valence-corrected chi connectivity index (χ4v) is 1.89. The molecule has 0 amide bonds. The van der Waals surface area contributed by atoms with E-state index < -0.39 is 0 Å². The van der Waals surface area contributed by atoms with Crippen molar-refractivity contribution in [1.82, 2.24) is 0 Å². The highest BCUT2D eigenvalue weighted by molar-refractivity contribution is 5.55. The number of hydrogen-bond donors (Lipinski definition) is 2. The van der Waals surface area contributed by atoms with Crippen molar-refractivity contribution in [2.24, 2.45) is 5.73 Å². The second-order valence-electron chi connectivity index (χ2n) is 4.15. The summed E-state index contributed by atoms with van der Waals surface area (Å²) in [7, 11) is 0. The molecule has 17 heavy (non-hydrogen) atoms. The van der Waals surface area contributed by atoms with Gasteiger partial charge in [-0.1, -0.05) is 0 Å². The van der Waals surface area contributed by atoms with Crippen LogP contribution >= 0.6 is 0 Å². The zero-order valence-corrected chi connectivity index (χ0v) is 10.5. The summed E-state index contributed by atoms with van der Waals surface area (Å²) < 4.78 is 13.2. The average Bonchev–Trinajstić information content (AvgIpc) is 2.31. The van der Waals surface area contributed by atoms with Crippen molar-refractivity contribution in [3.05, 3.63) is 29.6 Å². The molecule has 3 nitrogen and oxygen atoms in total. The smallest absolute Gasteiger partial charge is 0.123 e. The van der Waals surface area contributed by atoms with E-state index >= 15 is 0 Å². The van der Waals surface area contributed by atoms with Gasteiger partial charge in [-0.2, -0.15) is 0 Å². The largest absolute Gasteiger partial charge is 0.396 e. The van der Waals surface area contributed by atoms with Crippen molar-refractivity contribution in [3.8, 4) is 0 Å². The van der Waals surface area contributed by atoms with E-state index in [1.165, 1.54) is 12.1 Å². The van der Waals surface area contributed by atoms with E-state index in [1.54, 1.807) is 6.07 Å². The molecule has 0 fully saturated rings. The number of nitrogens with two attached hydrogens (primary N) is 1. The van der Waals surface area contributed by atoms with E-state index in [9.17, 15) is 4.39 Å². The number of benzene rings is 1. The van der Waals surface area contributed by atoms with E-state index in [4.69, 9.17) is 10.8 Å². The van der Waals surface area contributed by atoms with Crippen LogP contribution in [0.15, 0.2) is 18.2 Å². The average molecular weight is 240 g/mol. The van der Waals surface area contributed by atoms with Gasteiger partial charge >= 0.3 is 0 Å². The predicted octanol–water partition coefficient (Wildman–Crippen LogP) is 2.05. The highest BCUT2D eigenvalue weighted by Crippen LogP contribution is 2.26. The van der Waals surface area contributed by atoms with Gasteiger partial charge in [0.15, 0.2) is 0 Å². The maximum atomic E-state index is 13.2. The van der Waals surface area contributed by atoms with Crippen LogP contribution in [0.1, 0.15) is 31.9 Å². The monoisotopic (exact) mass is 240 g/mol. The van der Waals surface area contributed by atoms with Crippen molar-refractivity contribution >= 4 is 5.69 Å². The Hall–Kier alpha value is -1.13. The van der Waals surface area contributed by atoms with Crippen molar-refractivity contribution < 1.29 is 9.50 Å². The standard InChI is InChI=1S/C13H21FN2O/c1-3-16(7-4-8-17)13-6-5-11(14)9-12(13)10(2)15/h5-6,9-10,17H,3-4,7-8,15H2,1-2H3/t10-/m1/s1. The molecule has 0 aromatic heterocycles. The van der Waals surface area contributed by atoms with Gasteiger partial charge in [-0.15, -0.1) is 0 Å². The summed E-state index contributed by atoms with van der Waals surface area (Å²) in [6.07, 6.45) is 0.698. The zero-order valence-electron chi connectivity index (χ0n) is 10.5. The topological polar surface area (TPSA) is 49.5 Å². The first-order chi connectivity index (χ1) is 8.10. The van der Waals surface area contributed by atoms with E-state index in [1.807, 2.05) is 13.8 Å². The molecular formula is C13H21FN2O. The molecule has 3 N–H and O–H groups in total. The number of aliphatic hydroxyl groups excluding tert-OH is 1. The lowest BCUT2D eigenvalue weighted by Crippen LogP contribution is -2.27. The maximum Gasteiger partial charge on any atom is 0.123 e. The second kappa shape index (κ2) is 6.57. The minimum absolute atomic E-state index is 0.158. The third-order valence-corrected chi connectivity index (χ3v) is 2.79. The molecule has 0 aliphatic rings. The van der Waals surface area contributed by atoms with Gasteiger partial charge in [-0.3, -0.25) is 0 Å². The Morgan fingerprint density at radius 2 is 2.18 bits per heavy atom. The molecule has 1 atom stereocenters. The number of rotatable bonds is 6. The zero-order chi connectivity index (χ0) is 12.8. The quantitative estimate of drug-likeness (QED) is 0.800. The lowest BCUT2D eigenvalue weighted by atomic mass is 10.1. The summed E-state index contributed by atoms with van der Waals surface area (Å²) in [6.45, 7) is 5.60. The molecule has 0 aliphatic carbocycles. The summed E-state index contributed by atoms with van der Waals surface area (Å²) in [4.78, 5) is 2.11. The molecule has 0 aliphatic heterocycles. The number of halogens is 1. The van der Waals surface area contributed by atoms with Crippen LogP contribution in [0.2, 0.25) is 0 Å². The Morgan fingerprint density at radius 3 is 2.71 bits per heavy atom. The number of nitrogens with zero attached hydrogens (tertiary/aromatic N) is 1. The number of anilines is 1. The van der Waals surface area contributed by atoms with Crippen LogP contribution in [-0.2, 0) is 0 Å². The Morgan fingerprint density at radius 1 is 1.47 bits per heavy atom. The van der Waals surface area contributed by atoms with E-state index in [0.29, 0.717) is 6.42 Å². The second-order valence-corrected chi connectivity index (χ2v) is 4.15. The molecule has 0 saturated heterocycles. The molecule has 0 saturated carbocycles. The molecule has 1 aromatic rings. The van der Waals surface area contributed by atoms with Crippen LogP contribution in [0.3, 0.4) is 0 Å². The summed E-state index contributed by atoms with van der Waals surface area (Å²) >= 11 is 0. The fraction of sp³-hybridized carbons (Fsp3) is 0.538. The Labute approximate surface area is 102 Å². The summed E-state index contributed by atoms with van der Waals surface area (Å²) in [6, 6.07) is 4.49. The highest BCUT2D eigenvalue weighted by Gasteiger charge is 2.13. The van der Waals surface area contributed by atoms with E-state index in [2.05, 4.69) is 4.90 Å². The molecule has 0 radical (unpaired) electrons. The third-order valence-electron chi connectivity index (χ3n) is 2.79. The molecule has 96 valence electrons. The summed E-state index contributed by atoms with van der Waals surface area (Å²) in [5, 5.41) is 8.87. The minimum Gasteiger partial charge on any atom is -0.396 e. The Kier molecular flexibility index (Phi) is 5.38. The van der Waals surface area contributed by atoms with E-state index in [0.717, 1.165) is 24.3 Å². The predicted molar refractivity (Wildman–Crippen MR) is 68.6 cm³/mol. The summed E-state index contributed by atoms with van der Waals surface area (Å²) in [5.41, 5.74) is 7.63. The first-order valence-corrected chi connectivity index (χ1v) is 6.01. The van der Waals surface area contributed by atoms with Gasteiger partial charge in [0.1, 0.15) is 5.82 Å². The maximum absolute atomic E-state index is 13.2. The Bertz CT molecular complexity index is 355. The minimum atomic E-state index is -0.265. The number of aliphatic hydroxyl groups is 1. The van der Waals surface area contributed by atoms with E-state index in [-0.39, 0.29) is 18.5 Å². The van der Waals surface area contributed by atoms with Gasteiger partial charge in [0.05, 0.1) is 0 Å². The molecule has 4 heteroatoms. The van der Waals surface area contributed by atoms with Gasteiger partial charge in [-0.25, -0.2) is 4.39 Å². The SMILES string of the molecule is CCN(CCCO)c1ccc(F)cc1[C@@H](C)N. The van der Waals surface area contributed by atoms with Crippen LogP contribution in [0.5, 0.6) is 0 Å². The number of hydrogen-bond acceptors (Lipinski definition) is 3. The van der Waals surface area contributed by atoms with Crippen molar-refractivity contribution in [1.29, 1.82) is 0 Å². The van der Waals surface area contributed by atoms with Crippen LogP contribution in [0.4, 0.5) is 10.1 Å². The van der Waals surface area contributed by atoms with Crippen molar-refractivity contribution in [2.75, 3.05) is 24.6 Å². The molecule has 0 heterocycles. The Balaban J connectivity index is 3.00. The molecule has 1 rings (SSSR count). The first kappa shape index (κ1) is 13.9. The molecule has 1 aromatic carbocycles. The van der Waals surface area contributed by atoms with Crippen molar-refractivity contribution in [2.45, 2.75) is 26.3 Å². The fourth-order valence-electron chi connectivity index (χ4n) is 1.89. The third kappa shape index (κ3) is 3.68.